The Labute approximate surface area is 147 Å². The van der Waals surface area contributed by atoms with Crippen molar-refractivity contribution in [1.82, 2.24) is 5.32 Å². The zero-order valence-electron chi connectivity index (χ0n) is 13.5. The third-order valence-electron chi connectivity index (χ3n) is 3.86. The van der Waals surface area contributed by atoms with Crippen molar-refractivity contribution in [2.45, 2.75) is 19.4 Å². The Bertz CT molecular complexity index is 767. The van der Waals surface area contributed by atoms with E-state index in [1.165, 1.54) is 5.56 Å². The van der Waals surface area contributed by atoms with Crippen LogP contribution in [0.5, 0.6) is 0 Å². The lowest BCUT2D eigenvalue weighted by Gasteiger charge is -2.19. The molecule has 0 unspecified atom stereocenters. The first-order valence-electron chi connectivity index (χ1n) is 8.01. The van der Waals surface area contributed by atoms with Crippen LogP contribution in [0.3, 0.4) is 0 Å². The van der Waals surface area contributed by atoms with Gasteiger partial charge in [0.05, 0.1) is 6.26 Å². The van der Waals surface area contributed by atoms with Gasteiger partial charge in [0.25, 0.3) is 0 Å². The lowest BCUT2D eigenvalue weighted by Crippen LogP contribution is -2.32. The second-order valence-electron chi connectivity index (χ2n) is 5.51. The number of furan rings is 1. The van der Waals surface area contributed by atoms with Crippen LogP contribution in [0.1, 0.15) is 29.9 Å². The summed E-state index contributed by atoms with van der Waals surface area (Å²) < 4.78 is 5.58. The minimum Gasteiger partial charge on any atom is -0.467 e. The number of hydrogen-bond donors (Lipinski definition) is 2. The molecule has 0 aliphatic rings. The Morgan fingerprint density at radius 2 is 1.75 bits per heavy atom. The van der Waals surface area contributed by atoms with Crippen LogP contribution in [-0.4, -0.2) is 5.11 Å². The maximum Gasteiger partial charge on any atom is 0.171 e. The summed E-state index contributed by atoms with van der Waals surface area (Å²) in [6.07, 6.45) is 2.70. The third kappa shape index (κ3) is 4.03. The van der Waals surface area contributed by atoms with E-state index in [1.54, 1.807) is 6.26 Å². The van der Waals surface area contributed by atoms with E-state index in [-0.39, 0.29) is 6.04 Å². The van der Waals surface area contributed by atoms with Crippen LogP contribution < -0.4 is 10.6 Å². The molecule has 0 saturated heterocycles. The number of hydrogen-bond acceptors (Lipinski definition) is 2. The van der Waals surface area contributed by atoms with Crippen molar-refractivity contribution in [3.8, 4) is 0 Å². The van der Waals surface area contributed by atoms with Gasteiger partial charge in [-0.25, -0.2) is 0 Å². The third-order valence-corrected chi connectivity index (χ3v) is 4.08. The standard InChI is InChI=1S/C20H20N2OS/c1-2-15-10-12-17(13-11-15)21-20(24)22-19(18-9-6-14-23-18)16-7-4-3-5-8-16/h3-14,19H,2H2,1H3,(H2,21,22,24)/t19-/m0/s1. The van der Waals surface area contributed by atoms with Crippen LogP contribution >= 0.6 is 12.2 Å². The van der Waals surface area contributed by atoms with Gasteiger partial charge in [-0.05, 0) is 54.0 Å². The molecule has 2 N–H and O–H groups in total. The highest BCUT2D eigenvalue weighted by molar-refractivity contribution is 7.80. The lowest BCUT2D eigenvalue weighted by atomic mass is 10.1. The number of benzene rings is 2. The fourth-order valence-electron chi connectivity index (χ4n) is 2.54. The molecule has 3 nitrogen and oxygen atoms in total. The van der Waals surface area contributed by atoms with Gasteiger partial charge in [0.2, 0.25) is 0 Å². The van der Waals surface area contributed by atoms with E-state index < -0.39 is 0 Å². The molecule has 122 valence electrons. The Kier molecular flexibility index (Phi) is 5.29. The summed E-state index contributed by atoms with van der Waals surface area (Å²) in [4.78, 5) is 0. The molecule has 0 amide bonds. The summed E-state index contributed by atoms with van der Waals surface area (Å²) in [6, 6.07) is 22.1. The molecule has 4 heteroatoms. The highest BCUT2D eigenvalue weighted by Gasteiger charge is 2.17. The molecule has 2 aromatic carbocycles. The summed E-state index contributed by atoms with van der Waals surface area (Å²) in [7, 11) is 0. The lowest BCUT2D eigenvalue weighted by molar-refractivity contribution is 0.476. The summed E-state index contributed by atoms with van der Waals surface area (Å²) in [5, 5.41) is 7.13. The molecule has 3 rings (SSSR count). The molecule has 24 heavy (non-hydrogen) atoms. The first kappa shape index (κ1) is 16.3. The molecule has 1 atom stereocenters. The van der Waals surface area contributed by atoms with Gasteiger partial charge in [0.15, 0.2) is 5.11 Å². The number of thiocarbonyl (C=S) groups is 1. The fourth-order valence-corrected chi connectivity index (χ4v) is 2.78. The van der Waals surface area contributed by atoms with Crippen LogP contribution in [0.4, 0.5) is 5.69 Å². The van der Waals surface area contributed by atoms with Gasteiger partial charge in [-0.3, -0.25) is 0 Å². The van der Waals surface area contributed by atoms with Crippen molar-refractivity contribution < 1.29 is 4.42 Å². The molecule has 0 aliphatic carbocycles. The Balaban J connectivity index is 1.73. The number of anilines is 1. The van der Waals surface area contributed by atoms with E-state index >= 15 is 0 Å². The van der Waals surface area contributed by atoms with Crippen molar-refractivity contribution in [1.29, 1.82) is 0 Å². The molecule has 0 aliphatic heterocycles. The molecule has 1 heterocycles. The molecule has 3 aromatic rings. The van der Waals surface area contributed by atoms with Gasteiger partial charge in [0, 0.05) is 5.69 Å². The van der Waals surface area contributed by atoms with E-state index in [1.807, 2.05) is 42.5 Å². The monoisotopic (exact) mass is 336 g/mol. The Morgan fingerprint density at radius 1 is 1.00 bits per heavy atom. The average molecular weight is 336 g/mol. The van der Waals surface area contributed by atoms with Gasteiger partial charge in [-0.2, -0.15) is 0 Å². The summed E-state index contributed by atoms with van der Waals surface area (Å²) >= 11 is 5.48. The van der Waals surface area contributed by atoms with Crippen LogP contribution in [0, 0.1) is 0 Å². The highest BCUT2D eigenvalue weighted by atomic mass is 32.1. The van der Waals surface area contributed by atoms with E-state index in [0.717, 1.165) is 23.4 Å². The number of nitrogens with one attached hydrogen (secondary N) is 2. The van der Waals surface area contributed by atoms with Crippen molar-refractivity contribution in [3.05, 3.63) is 89.9 Å². The molecule has 0 fully saturated rings. The largest absolute Gasteiger partial charge is 0.467 e. The number of aryl methyl sites for hydroxylation is 1. The van der Waals surface area contributed by atoms with E-state index in [4.69, 9.17) is 16.6 Å². The maximum atomic E-state index is 5.58. The fraction of sp³-hybridized carbons (Fsp3) is 0.150. The van der Waals surface area contributed by atoms with Crippen LogP contribution in [0.25, 0.3) is 0 Å². The van der Waals surface area contributed by atoms with Crippen molar-refractivity contribution in [2.24, 2.45) is 0 Å². The molecular formula is C20H20N2OS. The predicted molar refractivity (Wildman–Crippen MR) is 102 cm³/mol. The zero-order chi connectivity index (χ0) is 16.8. The van der Waals surface area contributed by atoms with Crippen LogP contribution in [0.2, 0.25) is 0 Å². The van der Waals surface area contributed by atoms with Crippen molar-refractivity contribution in [2.75, 3.05) is 5.32 Å². The van der Waals surface area contributed by atoms with Gasteiger partial charge in [0.1, 0.15) is 11.8 Å². The zero-order valence-corrected chi connectivity index (χ0v) is 14.3. The van der Waals surface area contributed by atoms with Gasteiger partial charge in [-0.1, -0.05) is 49.4 Å². The molecule has 0 radical (unpaired) electrons. The van der Waals surface area contributed by atoms with Gasteiger partial charge >= 0.3 is 0 Å². The normalized spacial score (nSPS) is 11.7. The topological polar surface area (TPSA) is 37.2 Å². The Morgan fingerprint density at radius 3 is 2.38 bits per heavy atom. The minimum absolute atomic E-state index is 0.129. The quantitative estimate of drug-likeness (QED) is 0.649. The molecule has 0 saturated carbocycles. The molecule has 0 bridgehead atoms. The second-order valence-corrected chi connectivity index (χ2v) is 5.92. The molecular weight excluding hydrogens is 316 g/mol. The van der Waals surface area contributed by atoms with Crippen LogP contribution in [0.15, 0.2) is 77.4 Å². The SMILES string of the molecule is CCc1ccc(NC(=S)N[C@@H](c2ccccc2)c2ccco2)cc1. The van der Waals surface area contributed by atoms with Gasteiger partial charge < -0.3 is 15.1 Å². The van der Waals surface area contributed by atoms with Crippen molar-refractivity contribution in [3.63, 3.8) is 0 Å². The first-order chi connectivity index (χ1) is 11.8. The van der Waals surface area contributed by atoms with Crippen LogP contribution in [-0.2, 0) is 6.42 Å². The summed E-state index contributed by atoms with van der Waals surface area (Å²) in [5.41, 5.74) is 3.37. The molecule has 0 spiro atoms. The number of rotatable bonds is 5. The summed E-state index contributed by atoms with van der Waals surface area (Å²) in [5.74, 6) is 0.826. The highest BCUT2D eigenvalue weighted by Crippen LogP contribution is 2.22. The van der Waals surface area contributed by atoms with Gasteiger partial charge in [-0.15, -0.1) is 0 Å². The average Bonchev–Trinajstić information content (AvgIpc) is 3.15. The van der Waals surface area contributed by atoms with E-state index in [9.17, 15) is 0 Å². The Hall–Kier alpha value is -2.59. The van der Waals surface area contributed by atoms with Crippen molar-refractivity contribution >= 4 is 23.0 Å². The van der Waals surface area contributed by atoms with E-state index in [2.05, 4.69) is 41.8 Å². The predicted octanol–water partition coefficient (Wildman–Crippen LogP) is 4.92. The summed E-state index contributed by atoms with van der Waals surface area (Å²) in [6.45, 7) is 2.14. The first-order valence-corrected chi connectivity index (χ1v) is 8.42. The molecule has 1 aromatic heterocycles. The maximum absolute atomic E-state index is 5.58. The minimum atomic E-state index is -0.129. The van der Waals surface area contributed by atoms with E-state index in [0.29, 0.717) is 5.11 Å². The second kappa shape index (κ2) is 7.79. The smallest absolute Gasteiger partial charge is 0.171 e.